The lowest BCUT2D eigenvalue weighted by Gasteiger charge is -2.06. The first-order valence-corrected chi connectivity index (χ1v) is 5.51. The zero-order valence-electron chi connectivity index (χ0n) is 9.25. The fourth-order valence-corrected chi connectivity index (χ4v) is 1.63. The molecule has 2 rings (SSSR count). The lowest BCUT2D eigenvalue weighted by Crippen LogP contribution is -2.00. The zero-order valence-corrected chi connectivity index (χ0v) is 10.0. The van der Waals surface area contributed by atoms with Gasteiger partial charge in [-0.05, 0) is 39.7 Å². The van der Waals surface area contributed by atoms with E-state index < -0.39 is 4.92 Å². The van der Waals surface area contributed by atoms with Crippen molar-refractivity contribution in [2.75, 3.05) is 0 Å². The van der Waals surface area contributed by atoms with Crippen molar-refractivity contribution in [3.63, 3.8) is 0 Å². The maximum absolute atomic E-state index is 10.7. The number of nitrogens with zero attached hydrogens (tertiary/aromatic N) is 2. The van der Waals surface area contributed by atoms with E-state index >= 15 is 0 Å². The van der Waals surface area contributed by atoms with Crippen LogP contribution in [0.25, 0.3) is 0 Å². The molecule has 1 aromatic heterocycles. The summed E-state index contributed by atoms with van der Waals surface area (Å²) >= 11 is 5.83. The number of hydrogen-bond acceptors (Lipinski definition) is 4. The van der Waals surface area contributed by atoms with Gasteiger partial charge in [0.25, 0.3) is 0 Å². The van der Waals surface area contributed by atoms with Crippen LogP contribution in [-0.2, 0) is 6.61 Å². The number of halogens is 1. The third-order valence-electron chi connectivity index (χ3n) is 2.21. The van der Waals surface area contributed by atoms with Crippen LogP contribution in [0.1, 0.15) is 5.56 Å². The summed E-state index contributed by atoms with van der Waals surface area (Å²) in [4.78, 5) is 13.8. The lowest BCUT2D eigenvalue weighted by atomic mass is 10.2. The van der Waals surface area contributed by atoms with Crippen molar-refractivity contribution in [2.45, 2.75) is 6.61 Å². The predicted molar refractivity (Wildman–Crippen MR) is 66.7 cm³/mol. The number of nitro groups is 1. The molecule has 0 amide bonds. The molecule has 0 unspecified atom stereocenters. The molecule has 92 valence electrons. The van der Waals surface area contributed by atoms with Gasteiger partial charge in [-0.25, -0.2) is 0 Å². The number of benzene rings is 1. The molecule has 0 atom stereocenters. The highest BCUT2D eigenvalue weighted by molar-refractivity contribution is 6.30. The molecule has 0 spiro atoms. The van der Waals surface area contributed by atoms with E-state index in [0.29, 0.717) is 5.02 Å². The molecular weight excluding hydrogens is 256 g/mol. The Labute approximate surface area is 108 Å². The van der Waals surface area contributed by atoms with Crippen LogP contribution in [-0.4, -0.2) is 9.91 Å². The second-order valence-electron chi connectivity index (χ2n) is 3.50. The molecule has 0 N–H and O–H groups in total. The monoisotopic (exact) mass is 264 g/mol. The van der Waals surface area contributed by atoms with E-state index in [1.54, 1.807) is 24.3 Å². The fourth-order valence-electron chi connectivity index (χ4n) is 1.42. The minimum absolute atomic E-state index is 0.141. The third-order valence-corrected chi connectivity index (χ3v) is 2.44. The molecule has 0 aliphatic carbocycles. The van der Waals surface area contributed by atoms with Crippen molar-refractivity contribution < 1.29 is 9.66 Å². The van der Waals surface area contributed by atoms with Gasteiger partial charge in [0.1, 0.15) is 12.8 Å². The molecule has 0 saturated heterocycles. The molecule has 0 radical (unpaired) electrons. The average Bonchev–Trinajstić information content (AvgIpc) is 2.37. The highest BCUT2D eigenvalue weighted by Crippen LogP contribution is 2.24. The van der Waals surface area contributed by atoms with Gasteiger partial charge in [-0.3, -0.25) is 0 Å². The predicted octanol–water partition coefficient (Wildman–Crippen LogP) is 3.22. The summed E-state index contributed by atoms with van der Waals surface area (Å²) in [5, 5.41) is 11.3. The Morgan fingerprint density at radius 3 is 2.89 bits per heavy atom. The van der Waals surface area contributed by atoms with Gasteiger partial charge < -0.3 is 14.9 Å². The Hall–Kier alpha value is -2.14. The largest absolute Gasteiger partial charge is 0.481 e. The fraction of sp³-hybridized carbons (Fsp3) is 0.0833. The highest BCUT2D eigenvalue weighted by atomic mass is 35.5. The van der Waals surface area contributed by atoms with E-state index in [1.807, 2.05) is 6.07 Å². The van der Waals surface area contributed by atoms with Crippen LogP contribution >= 0.6 is 11.6 Å². The maximum Gasteiger partial charge on any atom is 0.406 e. The average molecular weight is 265 g/mol. The van der Waals surface area contributed by atoms with Crippen LogP contribution in [0.2, 0.25) is 5.02 Å². The standard InChI is InChI=1S/C12H9ClN2O3/c13-10-4-1-3-9(7-10)8-18-11-5-2-6-14-12(11)15(16)17/h1-7H,8H2. The second kappa shape index (κ2) is 5.46. The molecule has 18 heavy (non-hydrogen) atoms. The molecule has 0 aliphatic rings. The molecule has 0 bridgehead atoms. The number of ether oxygens (including phenoxy) is 1. The van der Waals surface area contributed by atoms with E-state index in [-0.39, 0.29) is 18.2 Å². The summed E-state index contributed by atoms with van der Waals surface area (Å²) in [5.74, 6) is -0.151. The normalized spacial score (nSPS) is 10.1. The molecule has 0 saturated carbocycles. The number of hydrogen-bond donors (Lipinski definition) is 0. The second-order valence-corrected chi connectivity index (χ2v) is 3.94. The molecule has 1 heterocycles. The first-order valence-electron chi connectivity index (χ1n) is 5.13. The SMILES string of the molecule is O=[N+]([O-])c1ncccc1OCc1cccc(Cl)c1. The molecule has 5 nitrogen and oxygen atoms in total. The molecule has 6 heteroatoms. The Balaban J connectivity index is 2.13. The van der Waals surface area contributed by atoms with Gasteiger partial charge >= 0.3 is 5.82 Å². The van der Waals surface area contributed by atoms with Gasteiger partial charge in [-0.15, -0.1) is 0 Å². The molecule has 2 aromatic rings. The maximum atomic E-state index is 10.7. The minimum atomic E-state index is -0.576. The van der Waals surface area contributed by atoms with Crippen molar-refractivity contribution in [3.05, 3.63) is 63.3 Å². The van der Waals surface area contributed by atoms with E-state index in [9.17, 15) is 10.1 Å². The number of pyridine rings is 1. The quantitative estimate of drug-likeness (QED) is 0.628. The summed E-state index contributed by atoms with van der Waals surface area (Å²) in [6.45, 7) is 0.201. The van der Waals surface area contributed by atoms with Crippen LogP contribution in [0.15, 0.2) is 42.6 Å². The first-order chi connectivity index (χ1) is 8.66. The molecule has 0 aliphatic heterocycles. The van der Waals surface area contributed by atoms with E-state index in [4.69, 9.17) is 16.3 Å². The van der Waals surface area contributed by atoms with Crippen LogP contribution in [0.3, 0.4) is 0 Å². The van der Waals surface area contributed by atoms with Gasteiger partial charge in [0.2, 0.25) is 5.75 Å². The van der Waals surface area contributed by atoms with Gasteiger partial charge in [-0.1, -0.05) is 23.7 Å². The van der Waals surface area contributed by atoms with Crippen LogP contribution in [0.4, 0.5) is 5.82 Å². The summed E-state index contributed by atoms with van der Waals surface area (Å²) < 4.78 is 5.38. The Bertz CT molecular complexity index is 575. The van der Waals surface area contributed by atoms with Gasteiger partial charge in [0.05, 0.1) is 0 Å². The van der Waals surface area contributed by atoms with E-state index in [1.165, 1.54) is 12.3 Å². The molecular formula is C12H9ClN2O3. The van der Waals surface area contributed by atoms with E-state index in [2.05, 4.69) is 4.98 Å². The summed E-state index contributed by atoms with van der Waals surface area (Å²) in [7, 11) is 0. The van der Waals surface area contributed by atoms with E-state index in [0.717, 1.165) is 5.56 Å². The molecule has 0 fully saturated rings. The topological polar surface area (TPSA) is 65.3 Å². The summed E-state index contributed by atoms with van der Waals surface area (Å²) in [6, 6.07) is 10.2. The first kappa shape index (κ1) is 12.3. The Kier molecular flexibility index (Phi) is 3.74. The smallest absolute Gasteiger partial charge is 0.406 e. The summed E-state index contributed by atoms with van der Waals surface area (Å²) in [5.41, 5.74) is 0.834. The summed E-state index contributed by atoms with van der Waals surface area (Å²) in [6.07, 6.45) is 1.35. The minimum Gasteiger partial charge on any atom is -0.481 e. The van der Waals surface area contributed by atoms with Crippen LogP contribution < -0.4 is 4.74 Å². The Morgan fingerprint density at radius 1 is 1.33 bits per heavy atom. The Morgan fingerprint density at radius 2 is 2.17 bits per heavy atom. The number of aromatic nitrogens is 1. The highest BCUT2D eigenvalue weighted by Gasteiger charge is 2.15. The van der Waals surface area contributed by atoms with Gasteiger partial charge in [0, 0.05) is 5.02 Å². The van der Waals surface area contributed by atoms with Crippen molar-refractivity contribution in [1.82, 2.24) is 4.98 Å². The van der Waals surface area contributed by atoms with Crippen molar-refractivity contribution in [3.8, 4) is 5.75 Å². The zero-order chi connectivity index (χ0) is 13.0. The van der Waals surface area contributed by atoms with Crippen LogP contribution in [0.5, 0.6) is 5.75 Å². The van der Waals surface area contributed by atoms with Crippen molar-refractivity contribution >= 4 is 17.4 Å². The van der Waals surface area contributed by atoms with Crippen LogP contribution in [0, 0.1) is 10.1 Å². The number of rotatable bonds is 4. The third kappa shape index (κ3) is 2.95. The molecule has 1 aromatic carbocycles. The van der Waals surface area contributed by atoms with Crippen molar-refractivity contribution in [1.29, 1.82) is 0 Å². The van der Waals surface area contributed by atoms with Gasteiger partial charge in [0.15, 0.2) is 0 Å². The van der Waals surface area contributed by atoms with Crippen molar-refractivity contribution in [2.24, 2.45) is 0 Å². The van der Waals surface area contributed by atoms with Gasteiger partial charge in [-0.2, -0.15) is 0 Å². The lowest BCUT2D eigenvalue weighted by molar-refractivity contribution is -0.390.